The van der Waals surface area contributed by atoms with Gasteiger partial charge in [0.25, 0.3) is 0 Å². The Hall–Kier alpha value is -3.09. The zero-order valence-electron chi connectivity index (χ0n) is 14.0. The van der Waals surface area contributed by atoms with E-state index < -0.39 is 5.92 Å². The zero-order chi connectivity index (χ0) is 18.1. The third-order valence-electron chi connectivity index (χ3n) is 4.14. The summed E-state index contributed by atoms with van der Waals surface area (Å²) in [6.07, 6.45) is 0. The van der Waals surface area contributed by atoms with E-state index in [-0.39, 0.29) is 35.2 Å². The van der Waals surface area contributed by atoms with Crippen molar-refractivity contribution in [3.8, 4) is 34.5 Å². The van der Waals surface area contributed by atoms with Gasteiger partial charge in [0.2, 0.25) is 5.75 Å². The number of hydrogen-bond acceptors (Lipinski definition) is 7. The molecular weight excluding hydrogens is 328 g/mol. The highest BCUT2D eigenvalue weighted by Gasteiger charge is 2.36. The van der Waals surface area contributed by atoms with Gasteiger partial charge in [-0.25, -0.2) is 0 Å². The minimum Gasteiger partial charge on any atom is -0.508 e. The van der Waals surface area contributed by atoms with Crippen molar-refractivity contribution in [1.82, 2.24) is 0 Å². The number of phenols is 2. The molecule has 0 saturated heterocycles. The predicted molar refractivity (Wildman–Crippen MR) is 88.4 cm³/mol. The monoisotopic (exact) mass is 346 g/mol. The highest BCUT2D eigenvalue weighted by molar-refractivity contribution is 6.07. The third-order valence-corrected chi connectivity index (χ3v) is 4.14. The molecule has 0 saturated carbocycles. The maximum absolute atomic E-state index is 12.9. The predicted octanol–water partition coefficient (Wildman–Crippen LogP) is 2.48. The molecule has 3 rings (SSSR count). The van der Waals surface area contributed by atoms with Gasteiger partial charge in [-0.1, -0.05) is 6.07 Å². The maximum Gasteiger partial charge on any atom is 0.203 e. The van der Waals surface area contributed by atoms with Crippen LogP contribution in [-0.4, -0.2) is 43.9 Å². The summed E-state index contributed by atoms with van der Waals surface area (Å²) >= 11 is 0. The largest absolute Gasteiger partial charge is 0.508 e. The van der Waals surface area contributed by atoms with E-state index in [1.54, 1.807) is 12.1 Å². The molecule has 25 heavy (non-hydrogen) atoms. The number of ether oxygens (including phenoxy) is 4. The van der Waals surface area contributed by atoms with E-state index in [2.05, 4.69) is 0 Å². The van der Waals surface area contributed by atoms with Crippen LogP contribution in [0.15, 0.2) is 24.3 Å². The molecule has 0 aliphatic carbocycles. The normalized spacial score (nSPS) is 16.0. The van der Waals surface area contributed by atoms with Crippen molar-refractivity contribution in [3.05, 3.63) is 35.4 Å². The standard InChI is InChI=1S/C18H18O7/c1-22-13-5-4-10(17(23-2)18(13)24-3)11-8-25-14-7-9(19)6-12(20)15(14)16(11)21/h4-7,11,19-20H,8H2,1-3H3/t11-/m1/s1. The van der Waals surface area contributed by atoms with Crippen LogP contribution in [0.2, 0.25) is 0 Å². The number of hydrogen-bond donors (Lipinski definition) is 2. The van der Waals surface area contributed by atoms with Crippen LogP contribution < -0.4 is 18.9 Å². The molecule has 2 aromatic rings. The second-order valence-corrected chi connectivity index (χ2v) is 5.49. The lowest BCUT2D eigenvalue weighted by atomic mass is 9.87. The Morgan fingerprint density at radius 2 is 1.76 bits per heavy atom. The van der Waals surface area contributed by atoms with Gasteiger partial charge in [-0.05, 0) is 6.07 Å². The molecule has 0 unspecified atom stereocenters. The van der Waals surface area contributed by atoms with E-state index in [4.69, 9.17) is 18.9 Å². The van der Waals surface area contributed by atoms with Gasteiger partial charge in [-0.2, -0.15) is 0 Å². The van der Waals surface area contributed by atoms with Gasteiger partial charge in [0.05, 0.1) is 27.2 Å². The Balaban J connectivity index is 2.11. The fourth-order valence-corrected chi connectivity index (χ4v) is 3.00. The number of Topliss-reactive ketones (excluding diaryl/α,β-unsaturated/α-hetero) is 1. The SMILES string of the molecule is COc1ccc([C@H]2COc3cc(O)cc(O)c3C2=O)c(OC)c1OC. The van der Waals surface area contributed by atoms with Crippen LogP contribution in [0, 0.1) is 0 Å². The van der Waals surface area contributed by atoms with Crippen LogP contribution in [0.3, 0.4) is 0 Å². The van der Waals surface area contributed by atoms with Crippen molar-refractivity contribution in [1.29, 1.82) is 0 Å². The molecule has 1 aliphatic heterocycles. The topological polar surface area (TPSA) is 94.5 Å². The van der Waals surface area contributed by atoms with Crippen LogP contribution in [-0.2, 0) is 0 Å². The van der Waals surface area contributed by atoms with Crippen LogP contribution in [0.25, 0.3) is 0 Å². The lowest BCUT2D eigenvalue weighted by Gasteiger charge is -2.27. The number of fused-ring (bicyclic) bond motifs is 1. The first-order valence-electron chi connectivity index (χ1n) is 7.53. The summed E-state index contributed by atoms with van der Waals surface area (Å²) in [5.74, 6) is -0.169. The van der Waals surface area contributed by atoms with Gasteiger partial charge in [-0.15, -0.1) is 0 Å². The van der Waals surface area contributed by atoms with Gasteiger partial charge in [0.1, 0.15) is 29.4 Å². The lowest BCUT2D eigenvalue weighted by Crippen LogP contribution is -2.26. The zero-order valence-corrected chi connectivity index (χ0v) is 14.0. The second-order valence-electron chi connectivity index (χ2n) is 5.49. The molecule has 0 aromatic heterocycles. The highest BCUT2D eigenvalue weighted by Crippen LogP contribution is 2.46. The number of carbonyl (C=O) groups is 1. The Morgan fingerprint density at radius 1 is 1.04 bits per heavy atom. The molecule has 0 radical (unpaired) electrons. The quantitative estimate of drug-likeness (QED) is 0.878. The molecule has 1 heterocycles. The van der Waals surface area contributed by atoms with Crippen molar-refractivity contribution in [2.24, 2.45) is 0 Å². The van der Waals surface area contributed by atoms with Crippen LogP contribution in [0.4, 0.5) is 0 Å². The molecule has 2 N–H and O–H groups in total. The molecule has 7 nitrogen and oxygen atoms in total. The number of benzene rings is 2. The molecule has 1 atom stereocenters. The molecule has 0 spiro atoms. The number of phenolic OH excluding ortho intramolecular Hbond substituents is 2. The van der Waals surface area contributed by atoms with Gasteiger partial charge in [0, 0.05) is 17.7 Å². The number of aromatic hydroxyl groups is 2. The van der Waals surface area contributed by atoms with Crippen LogP contribution in [0.5, 0.6) is 34.5 Å². The summed E-state index contributed by atoms with van der Waals surface area (Å²) in [6, 6.07) is 5.79. The van der Waals surface area contributed by atoms with E-state index in [9.17, 15) is 15.0 Å². The van der Waals surface area contributed by atoms with Gasteiger partial charge in [-0.3, -0.25) is 4.79 Å². The van der Waals surface area contributed by atoms with E-state index in [0.717, 1.165) is 6.07 Å². The number of methoxy groups -OCH3 is 3. The summed E-state index contributed by atoms with van der Waals surface area (Å²) in [5.41, 5.74) is 0.592. The maximum atomic E-state index is 12.9. The fraction of sp³-hybridized carbons (Fsp3) is 0.278. The van der Waals surface area contributed by atoms with Gasteiger partial charge < -0.3 is 29.2 Å². The summed E-state index contributed by atoms with van der Waals surface area (Å²) in [6.45, 7) is 0.0422. The average Bonchev–Trinajstić information content (AvgIpc) is 2.60. The fourth-order valence-electron chi connectivity index (χ4n) is 3.00. The molecule has 2 aromatic carbocycles. The summed E-state index contributed by atoms with van der Waals surface area (Å²) in [5, 5.41) is 19.6. The van der Waals surface area contributed by atoms with Crippen molar-refractivity contribution >= 4 is 5.78 Å². The number of rotatable bonds is 4. The Morgan fingerprint density at radius 3 is 2.40 bits per heavy atom. The lowest BCUT2D eigenvalue weighted by molar-refractivity contribution is 0.0889. The molecular formula is C18H18O7. The number of ketones is 1. The molecule has 132 valence electrons. The van der Waals surface area contributed by atoms with Crippen molar-refractivity contribution < 1.29 is 34.0 Å². The molecule has 0 bridgehead atoms. The minimum atomic E-state index is -0.697. The van der Waals surface area contributed by atoms with E-state index in [1.807, 2.05) is 0 Å². The van der Waals surface area contributed by atoms with Gasteiger partial charge >= 0.3 is 0 Å². The summed E-state index contributed by atoms with van der Waals surface area (Å²) in [7, 11) is 4.46. The smallest absolute Gasteiger partial charge is 0.203 e. The Bertz CT molecular complexity index is 829. The van der Waals surface area contributed by atoms with Crippen molar-refractivity contribution in [2.75, 3.05) is 27.9 Å². The van der Waals surface area contributed by atoms with Crippen molar-refractivity contribution in [2.45, 2.75) is 5.92 Å². The first kappa shape index (κ1) is 16.8. The first-order valence-corrected chi connectivity index (χ1v) is 7.53. The third kappa shape index (κ3) is 2.67. The minimum absolute atomic E-state index is 0.0332. The number of carbonyl (C=O) groups excluding carboxylic acids is 1. The Labute approximate surface area is 144 Å². The molecule has 1 aliphatic rings. The van der Waals surface area contributed by atoms with E-state index in [0.29, 0.717) is 22.8 Å². The average molecular weight is 346 g/mol. The van der Waals surface area contributed by atoms with E-state index in [1.165, 1.54) is 27.4 Å². The van der Waals surface area contributed by atoms with Crippen LogP contribution >= 0.6 is 0 Å². The molecule has 0 fully saturated rings. The van der Waals surface area contributed by atoms with Gasteiger partial charge in [0.15, 0.2) is 17.3 Å². The van der Waals surface area contributed by atoms with Crippen molar-refractivity contribution in [3.63, 3.8) is 0 Å². The second kappa shape index (κ2) is 6.43. The van der Waals surface area contributed by atoms with Crippen LogP contribution in [0.1, 0.15) is 21.8 Å². The molecule has 7 heteroatoms. The van der Waals surface area contributed by atoms with E-state index >= 15 is 0 Å². The molecule has 0 amide bonds. The summed E-state index contributed by atoms with van der Waals surface area (Å²) < 4.78 is 21.6. The first-order chi connectivity index (χ1) is 12.0. The highest BCUT2D eigenvalue weighted by atomic mass is 16.5. The summed E-state index contributed by atoms with van der Waals surface area (Å²) in [4.78, 5) is 12.9. The Kier molecular flexibility index (Phi) is 4.31.